The van der Waals surface area contributed by atoms with Crippen molar-refractivity contribution in [3.8, 4) is 0 Å². The molecule has 0 aliphatic heterocycles. The van der Waals surface area contributed by atoms with Gasteiger partial charge in [0, 0.05) is 12.8 Å². The summed E-state index contributed by atoms with van der Waals surface area (Å²) in [4.78, 5) is 38.2. The Morgan fingerprint density at radius 3 is 0.911 bits per heavy atom. The highest BCUT2D eigenvalue weighted by atomic mass is 16.6. The molecule has 6 nitrogen and oxygen atoms in total. The van der Waals surface area contributed by atoms with Gasteiger partial charge in [-0.15, -0.1) is 0 Å². The van der Waals surface area contributed by atoms with Crippen molar-refractivity contribution in [1.82, 2.24) is 0 Å². The second kappa shape index (κ2) is 65.3. The molecule has 0 heterocycles. The molecule has 0 aliphatic rings. The van der Waals surface area contributed by atoms with Crippen molar-refractivity contribution in [2.75, 3.05) is 13.2 Å². The molecule has 1 atom stereocenters. The Bertz CT molecular complexity index is 1820. The summed E-state index contributed by atoms with van der Waals surface area (Å²) in [5.41, 5.74) is 0. The molecule has 0 N–H and O–H groups in total. The summed E-state index contributed by atoms with van der Waals surface area (Å²) in [5, 5.41) is 0. The van der Waals surface area contributed by atoms with Crippen LogP contribution in [0.3, 0.4) is 0 Å². The molecule has 0 spiro atoms. The lowest BCUT2D eigenvalue weighted by atomic mass is 10.1. The first-order chi connectivity index (χ1) is 39.0. The van der Waals surface area contributed by atoms with Gasteiger partial charge in [0.1, 0.15) is 13.2 Å². The molecule has 0 saturated carbocycles. The third-order valence-corrected chi connectivity index (χ3v) is 12.7. The Morgan fingerprint density at radius 1 is 0.278 bits per heavy atom. The third kappa shape index (κ3) is 63.5. The quantitative estimate of drug-likeness (QED) is 0.0261. The van der Waals surface area contributed by atoms with E-state index in [1.165, 1.54) is 89.9 Å². The van der Waals surface area contributed by atoms with Crippen LogP contribution in [-0.4, -0.2) is 37.2 Å². The summed E-state index contributed by atoms with van der Waals surface area (Å²) in [6, 6.07) is 0. The lowest BCUT2D eigenvalue weighted by Gasteiger charge is -2.18. The second-order valence-corrected chi connectivity index (χ2v) is 20.2. The SMILES string of the molecule is CC/C=C\C/C=C\C/C=C\C/C=C\C/C=C\C/C=C\CCCCC(=O)OC(COC(=O)C/C=C\C/C=C\C/C=C\C/C=C\C/C=C\CC)COC(=O)CCCCCCCCCCCC/C=C\C/C=C\C/C=C\CCCCCCC. The van der Waals surface area contributed by atoms with Crippen LogP contribution in [0.15, 0.2) is 170 Å². The summed E-state index contributed by atoms with van der Waals surface area (Å²) in [6.07, 6.45) is 96.7. The van der Waals surface area contributed by atoms with Crippen LogP contribution in [0.5, 0.6) is 0 Å². The number of esters is 3. The molecule has 79 heavy (non-hydrogen) atoms. The number of unbranched alkanes of at least 4 members (excludes halogenated alkanes) is 17. The molecule has 0 aromatic heterocycles. The molecule has 6 heteroatoms. The minimum absolute atomic E-state index is 0.108. The molecule has 0 amide bonds. The second-order valence-electron chi connectivity index (χ2n) is 20.2. The largest absolute Gasteiger partial charge is 0.462 e. The summed E-state index contributed by atoms with van der Waals surface area (Å²) in [6.45, 7) is 6.27. The van der Waals surface area contributed by atoms with Crippen molar-refractivity contribution < 1.29 is 28.6 Å². The first-order valence-electron chi connectivity index (χ1n) is 31.6. The number of ether oxygens (including phenoxy) is 3. The molecule has 0 saturated heterocycles. The fourth-order valence-electron chi connectivity index (χ4n) is 8.05. The van der Waals surface area contributed by atoms with Crippen LogP contribution in [0.4, 0.5) is 0 Å². The van der Waals surface area contributed by atoms with E-state index in [4.69, 9.17) is 14.2 Å². The summed E-state index contributed by atoms with van der Waals surface area (Å²) in [5.74, 6) is -1.12. The highest BCUT2D eigenvalue weighted by Crippen LogP contribution is 2.14. The first kappa shape index (κ1) is 73.8. The van der Waals surface area contributed by atoms with Gasteiger partial charge in [-0.05, 0) is 135 Å². The monoisotopic (exact) mass is 1090 g/mol. The Kier molecular flexibility index (Phi) is 61.0. The Balaban J connectivity index is 4.54. The number of hydrogen-bond acceptors (Lipinski definition) is 6. The van der Waals surface area contributed by atoms with Gasteiger partial charge in [0.25, 0.3) is 0 Å². The summed E-state index contributed by atoms with van der Waals surface area (Å²) in [7, 11) is 0. The predicted molar refractivity (Wildman–Crippen MR) is 343 cm³/mol. The molecule has 0 aromatic rings. The first-order valence-corrected chi connectivity index (χ1v) is 31.6. The Morgan fingerprint density at radius 2 is 0.544 bits per heavy atom. The van der Waals surface area contributed by atoms with Crippen LogP contribution in [0.1, 0.15) is 252 Å². The highest BCUT2D eigenvalue weighted by Gasteiger charge is 2.19. The molecule has 0 aromatic carbocycles. The molecule has 442 valence electrons. The number of allylic oxidation sites excluding steroid dienone is 27. The average molecular weight is 1090 g/mol. The maximum Gasteiger partial charge on any atom is 0.309 e. The van der Waals surface area contributed by atoms with Gasteiger partial charge in [0.2, 0.25) is 0 Å². The van der Waals surface area contributed by atoms with Gasteiger partial charge in [-0.25, -0.2) is 0 Å². The van der Waals surface area contributed by atoms with E-state index in [9.17, 15) is 14.4 Å². The standard InChI is InChI=1S/C73H114O6/c1-4-7-10-13-16-19-22-25-28-30-32-34-35-36-37-39-40-42-45-48-51-54-57-60-63-66-72(75)78-69-70(68-77-71(74)65-62-59-56-53-50-47-44-27-24-21-18-15-12-9-6-3)79-73(76)67-64-61-58-55-52-49-46-43-41-38-33-31-29-26-23-20-17-14-11-8-5-2/h8-9,11-12,17-18,20-22,25-27,29-30,32-33,35-36,38,43-44,46,50,52-53,55,59,62,70H,4-7,10,13-16,19,23-24,28,31,34,37,39-42,45,47-49,51,54,56-58,60-61,63-69H2,1-3H3/b11-8-,12-9-,20-17-,21-18-,25-22-,29-26-,32-30-,36-35-,38-33-,44-27-,46-43-,53-50-,55-52-,62-59-. The predicted octanol–water partition coefficient (Wildman–Crippen LogP) is 21.9. The molecular formula is C73H114O6. The van der Waals surface area contributed by atoms with Gasteiger partial charge in [-0.1, -0.05) is 268 Å². The molecule has 1 unspecified atom stereocenters. The normalized spacial score (nSPS) is 13.3. The molecular weight excluding hydrogens is 973 g/mol. The Hall–Kier alpha value is -5.23. The maximum absolute atomic E-state index is 12.9. The minimum atomic E-state index is -0.854. The van der Waals surface area contributed by atoms with Crippen molar-refractivity contribution in [3.05, 3.63) is 170 Å². The molecule has 0 rings (SSSR count). The van der Waals surface area contributed by atoms with Gasteiger partial charge in [0.15, 0.2) is 6.10 Å². The van der Waals surface area contributed by atoms with E-state index in [0.717, 1.165) is 116 Å². The van der Waals surface area contributed by atoms with Crippen molar-refractivity contribution in [3.63, 3.8) is 0 Å². The number of carbonyl (C=O) groups excluding carboxylic acids is 3. The van der Waals surface area contributed by atoms with Crippen LogP contribution in [0.2, 0.25) is 0 Å². The zero-order valence-corrected chi connectivity index (χ0v) is 50.6. The lowest BCUT2D eigenvalue weighted by Crippen LogP contribution is -2.30. The van der Waals surface area contributed by atoms with Gasteiger partial charge < -0.3 is 14.2 Å². The van der Waals surface area contributed by atoms with Crippen molar-refractivity contribution >= 4 is 17.9 Å². The van der Waals surface area contributed by atoms with Crippen molar-refractivity contribution in [1.29, 1.82) is 0 Å². The fourth-order valence-corrected chi connectivity index (χ4v) is 8.05. The van der Waals surface area contributed by atoms with Crippen molar-refractivity contribution in [2.45, 2.75) is 258 Å². The van der Waals surface area contributed by atoms with E-state index >= 15 is 0 Å². The van der Waals surface area contributed by atoms with E-state index in [2.05, 4.69) is 179 Å². The smallest absolute Gasteiger partial charge is 0.309 e. The van der Waals surface area contributed by atoms with Crippen LogP contribution in [0, 0.1) is 0 Å². The summed E-state index contributed by atoms with van der Waals surface area (Å²) >= 11 is 0. The zero-order valence-electron chi connectivity index (χ0n) is 50.6. The van der Waals surface area contributed by atoms with E-state index in [1.54, 1.807) is 6.08 Å². The van der Waals surface area contributed by atoms with Crippen LogP contribution in [-0.2, 0) is 28.6 Å². The van der Waals surface area contributed by atoms with Gasteiger partial charge in [-0.2, -0.15) is 0 Å². The van der Waals surface area contributed by atoms with Crippen molar-refractivity contribution in [2.24, 2.45) is 0 Å². The van der Waals surface area contributed by atoms with E-state index in [1.807, 2.05) is 6.08 Å². The fraction of sp³-hybridized carbons (Fsp3) is 0.575. The lowest BCUT2D eigenvalue weighted by molar-refractivity contribution is -0.166. The van der Waals surface area contributed by atoms with Gasteiger partial charge in [0.05, 0.1) is 6.42 Å². The zero-order chi connectivity index (χ0) is 57.1. The molecule has 0 fully saturated rings. The summed E-state index contributed by atoms with van der Waals surface area (Å²) < 4.78 is 16.8. The van der Waals surface area contributed by atoms with E-state index < -0.39 is 12.1 Å². The number of carbonyl (C=O) groups is 3. The van der Waals surface area contributed by atoms with Crippen LogP contribution < -0.4 is 0 Å². The van der Waals surface area contributed by atoms with Crippen LogP contribution in [0.25, 0.3) is 0 Å². The number of rotatable bonds is 55. The van der Waals surface area contributed by atoms with Gasteiger partial charge >= 0.3 is 17.9 Å². The molecule has 0 radical (unpaired) electrons. The minimum Gasteiger partial charge on any atom is -0.462 e. The van der Waals surface area contributed by atoms with Gasteiger partial charge in [-0.3, -0.25) is 14.4 Å². The Labute approximate surface area is 485 Å². The molecule has 0 aliphatic carbocycles. The van der Waals surface area contributed by atoms with Crippen LogP contribution >= 0.6 is 0 Å². The highest BCUT2D eigenvalue weighted by molar-refractivity contribution is 5.72. The van der Waals surface area contributed by atoms with E-state index in [0.29, 0.717) is 12.8 Å². The third-order valence-electron chi connectivity index (χ3n) is 12.7. The van der Waals surface area contributed by atoms with E-state index in [-0.39, 0.29) is 38.0 Å². The maximum atomic E-state index is 12.9. The topological polar surface area (TPSA) is 78.9 Å². The average Bonchev–Trinajstić information content (AvgIpc) is 3.45. The number of hydrogen-bond donors (Lipinski definition) is 0. The molecule has 0 bridgehead atoms.